The van der Waals surface area contributed by atoms with E-state index in [0.717, 1.165) is 11.1 Å². The van der Waals surface area contributed by atoms with Crippen molar-refractivity contribution in [1.82, 2.24) is 35.1 Å². The zero-order chi connectivity index (χ0) is 19.8. The van der Waals surface area contributed by atoms with Crippen LogP contribution in [0.5, 0.6) is 12.0 Å². The van der Waals surface area contributed by atoms with E-state index in [0.29, 0.717) is 13.1 Å². The highest BCUT2D eigenvalue weighted by molar-refractivity contribution is 7.67. The van der Waals surface area contributed by atoms with Gasteiger partial charge in [0.05, 0.1) is 14.2 Å². The summed E-state index contributed by atoms with van der Waals surface area (Å²) in [6, 6.07) is 7.38. The summed E-state index contributed by atoms with van der Waals surface area (Å²) in [6.07, 6.45) is 6.72. The first-order valence-corrected chi connectivity index (χ1v) is 10.1. The first-order valence-electron chi connectivity index (χ1n) is 8.35. The number of hydrogen-bond donors (Lipinski definition) is 2. The number of pyridine rings is 2. The van der Waals surface area contributed by atoms with Gasteiger partial charge in [0.25, 0.3) is 7.44 Å². The topological polar surface area (TPSA) is 124 Å². The van der Waals surface area contributed by atoms with Gasteiger partial charge in [-0.25, -0.2) is 10.2 Å². The van der Waals surface area contributed by atoms with Crippen LogP contribution in [0.3, 0.4) is 0 Å². The molecule has 0 saturated heterocycles. The van der Waals surface area contributed by atoms with Crippen LogP contribution in [0.15, 0.2) is 49.1 Å². The third-order valence-electron chi connectivity index (χ3n) is 3.69. The van der Waals surface area contributed by atoms with E-state index >= 15 is 0 Å². The first kappa shape index (κ1) is 19.8. The summed E-state index contributed by atoms with van der Waals surface area (Å²) >= 11 is 0. The van der Waals surface area contributed by atoms with Crippen molar-refractivity contribution in [2.24, 2.45) is 0 Å². The second-order valence-electron chi connectivity index (χ2n) is 5.61. The van der Waals surface area contributed by atoms with Crippen LogP contribution in [-0.2, 0) is 17.7 Å². The van der Waals surface area contributed by atoms with Crippen molar-refractivity contribution in [2.45, 2.75) is 13.1 Å². The van der Waals surface area contributed by atoms with E-state index < -0.39 is 7.44 Å². The average molecular weight is 401 g/mol. The van der Waals surface area contributed by atoms with Crippen molar-refractivity contribution in [1.29, 1.82) is 0 Å². The molecule has 3 rings (SSSR count). The van der Waals surface area contributed by atoms with Gasteiger partial charge in [0.15, 0.2) is 0 Å². The molecule has 0 aliphatic heterocycles. The lowest BCUT2D eigenvalue weighted by molar-refractivity contribution is 0.341. The van der Waals surface area contributed by atoms with E-state index in [9.17, 15) is 4.57 Å². The summed E-state index contributed by atoms with van der Waals surface area (Å²) in [5.41, 5.74) is 1.72. The number of ether oxygens (including phenoxy) is 2. The lowest BCUT2D eigenvalue weighted by Gasteiger charge is -2.20. The van der Waals surface area contributed by atoms with Crippen LogP contribution < -0.4 is 25.2 Å². The number of nitrogens with zero attached hydrogens (tertiary/aromatic N) is 5. The van der Waals surface area contributed by atoms with Gasteiger partial charge in [-0.2, -0.15) is 9.97 Å². The lowest BCUT2D eigenvalue weighted by Crippen LogP contribution is -2.33. The average Bonchev–Trinajstić information content (AvgIpc) is 2.77. The van der Waals surface area contributed by atoms with Crippen molar-refractivity contribution >= 4 is 13.0 Å². The molecule has 0 spiro atoms. The Balaban J connectivity index is 1.89. The second-order valence-corrected chi connectivity index (χ2v) is 7.86. The van der Waals surface area contributed by atoms with Crippen LogP contribution in [-0.4, -0.2) is 39.1 Å². The Morgan fingerprint density at radius 3 is 1.75 bits per heavy atom. The molecule has 0 atom stereocenters. The van der Waals surface area contributed by atoms with Gasteiger partial charge in [-0.15, -0.1) is 4.98 Å². The van der Waals surface area contributed by atoms with Gasteiger partial charge in [-0.05, 0) is 23.3 Å². The molecular weight excluding hydrogens is 381 g/mol. The zero-order valence-corrected chi connectivity index (χ0v) is 16.3. The Morgan fingerprint density at radius 2 is 1.36 bits per heavy atom. The minimum atomic E-state index is -3.46. The van der Waals surface area contributed by atoms with Gasteiger partial charge in [0.1, 0.15) is 0 Å². The summed E-state index contributed by atoms with van der Waals surface area (Å²) in [5, 5.41) is 6.04. The molecule has 146 valence electrons. The highest BCUT2D eigenvalue weighted by Crippen LogP contribution is 2.35. The molecule has 10 nitrogen and oxygen atoms in total. The Bertz CT molecular complexity index is 874. The maximum atomic E-state index is 13.8. The van der Waals surface area contributed by atoms with E-state index in [-0.39, 0.29) is 17.6 Å². The van der Waals surface area contributed by atoms with Crippen LogP contribution in [0, 0.1) is 0 Å². The molecule has 3 aromatic heterocycles. The first-order chi connectivity index (χ1) is 13.6. The Labute approximate surface area is 162 Å². The molecule has 2 N–H and O–H groups in total. The minimum absolute atomic E-state index is 0.00369. The van der Waals surface area contributed by atoms with Gasteiger partial charge >= 0.3 is 12.0 Å². The number of methoxy groups -OCH3 is 2. The van der Waals surface area contributed by atoms with Gasteiger partial charge in [0, 0.05) is 37.9 Å². The fourth-order valence-corrected chi connectivity index (χ4v) is 3.92. The van der Waals surface area contributed by atoms with Crippen molar-refractivity contribution in [3.8, 4) is 12.0 Å². The van der Waals surface area contributed by atoms with Crippen LogP contribution in [0.2, 0.25) is 0 Å². The van der Waals surface area contributed by atoms with E-state index in [2.05, 4.69) is 35.1 Å². The molecule has 0 amide bonds. The molecule has 3 heterocycles. The molecule has 0 saturated carbocycles. The van der Waals surface area contributed by atoms with Crippen LogP contribution >= 0.6 is 7.44 Å². The molecule has 0 radical (unpaired) electrons. The number of aromatic nitrogens is 5. The maximum absolute atomic E-state index is 13.8. The molecule has 0 aliphatic carbocycles. The normalized spacial score (nSPS) is 11.2. The summed E-state index contributed by atoms with van der Waals surface area (Å²) in [5.74, 6) is 0. The lowest BCUT2D eigenvalue weighted by atomic mass is 10.3. The van der Waals surface area contributed by atoms with Gasteiger partial charge in [-0.1, -0.05) is 12.1 Å². The summed E-state index contributed by atoms with van der Waals surface area (Å²) in [7, 11) is -0.636. The molecule has 3 aromatic rings. The highest BCUT2D eigenvalue weighted by atomic mass is 31.2. The zero-order valence-electron chi connectivity index (χ0n) is 15.4. The van der Waals surface area contributed by atoms with Crippen molar-refractivity contribution in [3.05, 3.63) is 60.2 Å². The van der Waals surface area contributed by atoms with Crippen molar-refractivity contribution in [3.63, 3.8) is 0 Å². The maximum Gasteiger partial charge on any atom is 0.323 e. The predicted molar refractivity (Wildman–Crippen MR) is 102 cm³/mol. The third-order valence-corrected chi connectivity index (χ3v) is 5.66. The van der Waals surface area contributed by atoms with Crippen LogP contribution in [0.1, 0.15) is 11.1 Å². The van der Waals surface area contributed by atoms with Crippen LogP contribution in [0.25, 0.3) is 0 Å². The smallest absolute Gasteiger partial charge is 0.323 e. The molecule has 11 heteroatoms. The molecule has 0 fully saturated rings. The second kappa shape index (κ2) is 9.32. The SMILES string of the molecule is COc1nc(OC)nc(P(=O)(NCc2cccnc2)NCc2cccnc2)n1. The van der Waals surface area contributed by atoms with E-state index in [1.807, 2.05) is 12.1 Å². The quantitative estimate of drug-likeness (QED) is 0.503. The molecule has 0 aromatic carbocycles. The molecular formula is C17H20N7O3P. The Kier molecular flexibility index (Phi) is 6.59. The van der Waals surface area contributed by atoms with Crippen LogP contribution in [0.4, 0.5) is 0 Å². The number of hydrogen-bond acceptors (Lipinski definition) is 8. The van der Waals surface area contributed by atoms with E-state index in [4.69, 9.17) is 9.47 Å². The number of rotatable bonds is 9. The molecule has 0 unspecified atom stereocenters. The van der Waals surface area contributed by atoms with Gasteiger partial charge in [0.2, 0.25) is 5.57 Å². The summed E-state index contributed by atoms with van der Waals surface area (Å²) in [6.45, 7) is 0.586. The highest BCUT2D eigenvalue weighted by Gasteiger charge is 2.29. The fraction of sp³-hybridized carbons (Fsp3) is 0.235. The van der Waals surface area contributed by atoms with E-state index in [1.165, 1.54) is 14.2 Å². The fourth-order valence-electron chi connectivity index (χ4n) is 2.26. The third kappa shape index (κ3) is 5.07. The minimum Gasteiger partial charge on any atom is -0.467 e. The Morgan fingerprint density at radius 1 is 0.857 bits per heavy atom. The monoisotopic (exact) mass is 401 g/mol. The van der Waals surface area contributed by atoms with Gasteiger partial charge < -0.3 is 9.47 Å². The van der Waals surface area contributed by atoms with Gasteiger partial charge in [-0.3, -0.25) is 14.5 Å². The summed E-state index contributed by atoms with van der Waals surface area (Å²) in [4.78, 5) is 20.4. The number of nitrogens with one attached hydrogen (secondary N) is 2. The Hall–Kier alpha value is -2.94. The van der Waals surface area contributed by atoms with Crippen molar-refractivity contribution < 1.29 is 14.0 Å². The standard InChI is InChI=1S/C17H20N7O3P/c1-26-15-22-16(27-2)24-17(23-15)28(25,20-11-13-5-3-7-18-9-13)21-12-14-6-4-8-19-10-14/h3-10H,11-12H2,1-2H3,(H2,20,21,25). The molecule has 0 aliphatic rings. The van der Waals surface area contributed by atoms with Crippen molar-refractivity contribution in [2.75, 3.05) is 14.2 Å². The van der Waals surface area contributed by atoms with E-state index in [1.54, 1.807) is 36.9 Å². The molecule has 28 heavy (non-hydrogen) atoms. The molecule has 0 bridgehead atoms. The largest absolute Gasteiger partial charge is 0.467 e. The predicted octanol–water partition coefficient (Wildman–Crippen LogP) is 1.08. The summed E-state index contributed by atoms with van der Waals surface area (Å²) < 4.78 is 23.9.